The second-order valence-electron chi connectivity index (χ2n) is 4.13. The zero-order chi connectivity index (χ0) is 12.6. The molecule has 1 aromatic rings. The van der Waals surface area contributed by atoms with Crippen LogP contribution >= 0.6 is 12.6 Å². The molecule has 0 saturated carbocycles. The number of carbonyl (C=O) groups is 1. The summed E-state index contributed by atoms with van der Waals surface area (Å²) in [4.78, 5) is 11.5. The molecule has 90 valence electrons. The summed E-state index contributed by atoms with van der Waals surface area (Å²) in [6, 6.07) is 3.56. The van der Waals surface area contributed by atoms with Crippen LogP contribution in [0.15, 0.2) is 12.1 Å². The maximum absolute atomic E-state index is 11.5. The molecule has 1 aliphatic rings. The summed E-state index contributed by atoms with van der Waals surface area (Å²) in [5, 5.41) is 9.26. The minimum absolute atomic E-state index is 0.00114. The number of hydrogen-bond acceptors (Lipinski definition) is 4. The first-order valence-electron chi connectivity index (χ1n) is 5.32. The third-order valence-corrected chi connectivity index (χ3v) is 3.13. The Balaban J connectivity index is 2.56. The van der Waals surface area contributed by atoms with E-state index in [0.29, 0.717) is 17.9 Å². The average molecular weight is 252 g/mol. The maximum Gasteiger partial charge on any atom is 0.525 e. The number of ether oxygens (including phenoxy) is 1. The van der Waals surface area contributed by atoms with Gasteiger partial charge in [-0.1, -0.05) is 13.0 Å². The topological polar surface area (TPSA) is 55.8 Å². The lowest BCUT2D eigenvalue weighted by molar-refractivity contribution is 0.108. The van der Waals surface area contributed by atoms with Gasteiger partial charge in [0.25, 0.3) is 0 Å². The van der Waals surface area contributed by atoms with Crippen LogP contribution in [0.4, 0.5) is 0 Å². The lowest BCUT2D eigenvalue weighted by Gasteiger charge is -2.27. The fourth-order valence-corrected chi connectivity index (χ4v) is 2.17. The van der Waals surface area contributed by atoms with Crippen LogP contribution in [0.2, 0.25) is 5.82 Å². The van der Waals surface area contributed by atoms with Crippen LogP contribution in [-0.2, 0) is 6.42 Å². The van der Waals surface area contributed by atoms with Crippen LogP contribution in [0, 0.1) is 0 Å². The number of rotatable bonds is 2. The highest BCUT2D eigenvalue weighted by Crippen LogP contribution is 2.39. The number of thiol groups is 1. The minimum Gasteiger partial charge on any atom is -0.535 e. The van der Waals surface area contributed by atoms with Gasteiger partial charge < -0.3 is 14.4 Å². The summed E-state index contributed by atoms with van der Waals surface area (Å²) in [5.74, 6) is 0.791. The van der Waals surface area contributed by atoms with Gasteiger partial charge in [-0.15, -0.1) is 12.6 Å². The summed E-state index contributed by atoms with van der Waals surface area (Å²) in [6.45, 7) is 1.89. The van der Waals surface area contributed by atoms with Gasteiger partial charge in [-0.2, -0.15) is 0 Å². The Hall–Kier alpha value is -1.14. The van der Waals surface area contributed by atoms with E-state index >= 15 is 0 Å². The highest BCUT2D eigenvalue weighted by atomic mass is 32.1. The van der Waals surface area contributed by atoms with Crippen molar-refractivity contribution in [2.75, 3.05) is 7.11 Å². The Labute approximate surface area is 105 Å². The average Bonchev–Trinajstić information content (AvgIpc) is 2.29. The molecule has 0 saturated heterocycles. The van der Waals surface area contributed by atoms with Crippen molar-refractivity contribution in [3.8, 4) is 11.5 Å². The number of fused-ring (bicyclic) bond motifs is 1. The van der Waals surface area contributed by atoms with E-state index in [1.807, 2.05) is 13.0 Å². The molecule has 0 bridgehead atoms. The van der Waals surface area contributed by atoms with Gasteiger partial charge in [0.2, 0.25) is 5.12 Å². The van der Waals surface area contributed by atoms with E-state index in [-0.39, 0.29) is 11.4 Å². The molecule has 1 unspecified atom stereocenters. The molecule has 4 nitrogen and oxygen atoms in total. The van der Waals surface area contributed by atoms with Gasteiger partial charge in [-0.3, -0.25) is 4.79 Å². The van der Waals surface area contributed by atoms with E-state index in [9.17, 15) is 9.82 Å². The van der Waals surface area contributed by atoms with Crippen LogP contribution in [-0.4, -0.2) is 24.4 Å². The number of hydrogen-bond donors (Lipinski definition) is 2. The second kappa shape index (κ2) is 4.62. The van der Waals surface area contributed by atoms with E-state index in [1.165, 1.54) is 7.11 Å². The molecule has 1 heterocycles. The summed E-state index contributed by atoms with van der Waals surface area (Å²) in [5.41, 5.74) is 1.17. The van der Waals surface area contributed by atoms with Crippen molar-refractivity contribution in [2.24, 2.45) is 0 Å². The lowest BCUT2D eigenvalue weighted by Crippen LogP contribution is -2.33. The molecule has 1 aromatic carbocycles. The predicted molar refractivity (Wildman–Crippen MR) is 68.0 cm³/mol. The van der Waals surface area contributed by atoms with Gasteiger partial charge >= 0.3 is 7.12 Å². The summed E-state index contributed by atoms with van der Waals surface area (Å²) in [6.07, 6.45) is 0.661. The number of benzene rings is 1. The van der Waals surface area contributed by atoms with Crippen LogP contribution in [0.25, 0.3) is 0 Å². The van der Waals surface area contributed by atoms with Gasteiger partial charge in [0, 0.05) is 5.82 Å². The number of carbonyl (C=O) groups excluding carboxylic acids is 1. The van der Waals surface area contributed by atoms with Gasteiger partial charge in [-0.05, 0) is 18.1 Å². The smallest absolute Gasteiger partial charge is 0.525 e. The first-order chi connectivity index (χ1) is 8.04. The van der Waals surface area contributed by atoms with Crippen molar-refractivity contribution in [2.45, 2.75) is 19.2 Å². The molecule has 0 spiro atoms. The molecule has 0 aromatic heterocycles. The van der Waals surface area contributed by atoms with E-state index in [2.05, 4.69) is 12.6 Å². The van der Waals surface area contributed by atoms with Crippen molar-refractivity contribution < 1.29 is 19.2 Å². The van der Waals surface area contributed by atoms with E-state index in [1.54, 1.807) is 6.07 Å². The van der Waals surface area contributed by atoms with Crippen molar-refractivity contribution >= 4 is 24.9 Å². The first-order valence-corrected chi connectivity index (χ1v) is 5.77. The Bertz CT molecular complexity index is 463. The molecule has 0 aliphatic carbocycles. The quantitative estimate of drug-likeness (QED) is 0.619. The number of methoxy groups -OCH3 is 1. The molecule has 6 heteroatoms. The van der Waals surface area contributed by atoms with Gasteiger partial charge in [0.15, 0.2) is 0 Å². The molecule has 17 heavy (non-hydrogen) atoms. The third kappa shape index (κ3) is 2.15. The molecular weight excluding hydrogens is 239 g/mol. The Morgan fingerprint density at radius 2 is 2.35 bits per heavy atom. The summed E-state index contributed by atoms with van der Waals surface area (Å²) < 4.78 is 10.5. The molecule has 1 aliphatic heterocycles. The lowest BCUT2D eigenvalue weighted by atomic mass is 9.68. The monoisotopic (exact) mass is 252 g/mol. The van der Waals surface area contributed by atoms with Crippen LogP contribution in [0.1, 0.15) is 22.8 Å². The van der Waals surface area contributed by atoms with Crippen molar-refractivity contribution in [3.63, 3.8) is 0 Å². The van der Waals surface area contributed by atoms with Gasteiger partial charge in [-0.25, -0.2) is 0 Å². The first kappa shape index (κ1) is 12.3. The second-order valence-corrected chi connectivity index (χ2v) is 4.53. The standard InChI is InChI=1S/C11H13BO4S/c1-6-5-7-3-4-8(15-2)9(11(13)17)10(7)16-12(6)14/h3-4,6,14H,5H2,1-2H3,(H,13,17). The summed E-state index contributed by atoms with van der Waals surface area (Å²) >= 11 is 3.82. The SMILES string of the molecule is COc1ccc2c(c1C(=O)S)OB(O)C(C)C2. The predicted octanol–water partition coefficient (Wildman–Crippen LogP) is 1.57. The molecule has 1 N–H and O–H groups in total. The Morgan fingerprint density at radius 3 is 2.94 bits per heavy atom. The van der Waals surface area contributed by atoms with Crippen LogP contribution in [0.5, 0.6) is 11.5 Å². The maximum atomic E-state index is 11.5. The molecule has 2 rings (SSSR count). The van der Waals surface area contributed by atoms with Crippen LogP contribution in [0.3, 0.4) is 0 Å². The minimum atomic E-state index is -0.902. The highest BCUT2D eigenvalue weighted by Gasteiger charge is 2.34. The molecule has 0 radical (unpaired) electrons. The molecular formula is C11H13BO4S. The highest BCUT2D eigenvalue weighted by molar-refractivity contribution is 7.97. The zero-order valence-electron chi connectivity index (χ0n) is 9.64. The Morgan fingerprint density at radius 1 is 1.65 bits per heavy atom. The Kier molecular flexibility index (Phi) is 3.35. The fourth-order valence-electron chi connectivity index (χ4n) is 1.96. The van der Waals surface area contributed by atoms with Gasteiger partial charge in [0.05, 0.1) is 7.11 Å². The molecule has 0 amide bonds. The fraction of sp³-hybridized carbons (Fsp3) is 0.364. The summed E-state index contributed by atoms with van der Waals surface area (Å²) in [7, 11) is 0.574. The van der Waals surface area contributed by atoms with Gasteiger partial charge in [0.1, 0.15) is 17.1 Å². The van der Waals surface area contributed by atoms with Crippen molar-refractivity contribution in [1.29, 1.82) is 0 Å². The van der Waals surface area contributed by atoms with E-state index in [0.717, 1.165) is 5.56 Å². The van der Waals surface area contributed by atoms with Crippen LogP contribution < -0.4 is 9.39 Å². The van der Waals surface area contributed by atoms with E-state index < -0.39 is 12.2 Å². The van der Waals surface area contributed by atoms with Crippen molar-refractivity contribution in [1.82, 2.24) is 0 Å². The van der Waals surface area contributed by atoms with Crippen molar-refractivity contribution in [3.05, 3.63) is 23.3 Å². The molecule has 1 atom stereocenters. The zero-order valence-corrected chi connectivity index (χ0v) is 10.5. The normalized spacial score (nSPS) is 18.4. The molecule has 0 fully saturated rings. The largest absolute Gasteiger partial charge is 0.535 e. The third-order valence-electron chi connectivity index (χ3n) is 2.90. The van der Waals surface area contributed by atoms with E-state index in [4.69, 9.17) is 9.39 Å².